The Labute approximate surface area is 142 Å². The number of hydrazone groups is 1. The van der Waals surface area contributed by atoms with Crippen molar-refractivity contribution in [2.75, 3.05) is 26.3 Å². The van der Waals surface area contributed by atoms with Gasteiger partial charge in [-0.05, 0) is 31.5 Å². The number of amides is 1. The molecule has 1 aliphatic heterocycles. The number of carbonyl (C=O) groups excluding carboxylic acids is 1. The van der Waals surface area contributed by atoms with Gasteiger partial charge in [0.25, 0.3) is 5.91 Å². The van der Waals surface area contributed by atoms with Gasteiger partial charge in [0.15, 0.2) is 0 Å². The van der Waals surface area contributed by atoms with Crippen molar-refractivity contribution in [3.63, 3.8) is 0 Å². The minimum Gasteiger partial charge on any atom is -0.379 e. The van der Waals surface area contributed by atoms with Gasteiger partial charge in [-0.25, -0.2) is 13.8 Å². The molecule has 8 heteroatoms. The van der Waals surface area contributed by atoms with Crippen LogP contribution in [0, 0.1) is 0 Å². The summed E-state index contributed by atoms with van der Waals surface area (Å²) in [7, 11) is -3.62. The average Bonchev–Trinajstić information content (AvgIpc) is 2.61. The molecule has 2 rings (SSSR count). The Kier molecular flexibility index (Phi) is 6.47. The lowest BCUT2D eigenvalue weighted by atomic mass is 10.2. The molecule has 1 aromatic rings. The highest BCUT2D eigenvalue weighted by molar-refractivity contribution is 7.89. The second-order valence-electron chi connectivity index (χ2n) is 5.58. The van der Waals surface area contributed by atoms with Crippen LogP contribution in [-0.2, 0) is 14.8 Å². The molecule has 1 aromatic carbocycles. The Bertz CT molecular complexity index is 710. The van der Waals surface area contributed by atoms with E-state index in [4.69, 9.17) is 4.74 Å². The van der Waals surface area contributed by atoms with Crippen LogP contribution in [0.25, 0.3) is 0 Å². The van der Waals surface area contributed by atoms with Gasteiger partial charge < -0.3 is 4.74 Å². The highest BCUT2D eigenvalue weighted by atomic mass is 32.2. The van der Waals surface area contributed by atoms with E-state index in [2.05, 4.69) is 10.5 Å². The first-order chi connectivity index (χ1) is 11.4. The maximum absolute atomic E-state index is 12.6. The first-order valence-corrected chi connectivity index (χ1v) is 9.40. The van der Waals surface area contributed by atoms with E-state index in [0.29, 0.717) is 26.3 Å². The first kappa shape index (κ1) is 18.6. The molecule has 0 atom stereocenters. The van der Waals surface area contributed by atoms with Crippen molar-refractivity contribution in [2.24, 2.45) is 5.10 Å². The van der Waals surface area contributed by atoms with Crippen LogP contribution in [0.2, 0.25) is 0 Å². The molecule has 0 unspecified atom stereocenters. The summed E-state index contributed by atoms with van der Waals surface area (Å²) in [6.07, 6.45) is 1.74. The quantitative estimate of drug-likeness (QED) is 0.622. The highest BCUT2D eigenvalue weighted by Crippen LogP contribution is 2.18. The van der Waals surface area contributed by atoms with Crippen LogP contribution in [0.4, 0.5) is 0 Å². The molecular formula is C16H23N3O4S. The van der Waals surface area contributed by atoms with E-state index in [0.717, 1.165) is 18.6 Å². The molecule has 1 amide bonds. The Morgan fingerprint density at radius 1 is 1.33 bits per heavy atom. The summed E-state index contributed by atoms with van der Waals surface area (Å²) in [6.45, 7) is 5.26. The molecule has 1 heterocycles. The molecule has 0 aliphatic carbocycles. The molecule has 1 saturated heterocycles. The van der Waals surface area contributed by atoms with Gasteiger partial charge in [-0.3, -0.25) is 4.79 Å². The van der Waals surface area contributed by atoms with Crippen LogP contribution in [0.3, 0.4) is 0 Å². The van der Waals surface area contributed by atoms with Gasteiger partial charge in [-0.15, -0.1) is 0 Å². The fourth-order valence-electron chi connectivity index (χ4n) is 2.36. The predicted molar refractivity (Wildman–Crippen MR) is 91.5 cm³/mol. The van der Waals surface area contributed by atoms with E-state index in [1.54, 1.807) is 12.1 Å². The van der Waals surface area contributed by atoms with Crippen molar-refractivity contribution in [1.82, 2.24) is 9.73 Å². The number of nitrogens with zero attached hydrogens (tertiary/aromatic N) is 2. The number of sulfonamides is 1. The molecule has 1 N–H and O–H groups in total. The van der Waals surface area contributed by atoms with Crippen molar-refractivity contribution in [2.45, 2.75) is 31.6 Å². The van der Waals surface area contributed by atoms with Crippen molar-refractivity contribution >= 4 is 21.6 Å². The van der Waals surface area contributed by atoms with Crippen LogP contribution in [0.15, 0.2) is 34.3 Å². The lowest BCUT2D eigenvalue weighted by molar-refractivity contribution is 0.0730. The third kappa shape index (κ3) is 4.62. The summed E-state index contributed by atoms with van der Waals surface area (Å²) in [4.78, 5) is 12.3. The largest absolute Gasteiger partial charge is 0.379 e. The second-order valence-corrected chi connectivity index (χ2v) is 7.52. The number of hydrogen-bond donors (Lipinski definition) is 1. The van der Waals surface area contributed by atoms with Crippen LogP contribution in [0.5, 0.6) is 0 Å². The Balaban J connectivity index is 2.16. The summed E-state index contributed by atoms with van der Waals surface area (Å²) < 4.78 is 31.8. The molecule has 0 radical (unpaired) electrons. The lowest BCUT2D eigenvalue weighted by Gasteiger charge is -2.26. The van der Waals surface area contributed by atoms with Crippen molar-refractivity contribution in [3.8, 4) is 0 Å². The Hall–Kier alpha value is -1.77. The Morgan fingerprint density at radius 2 is 2.04 bits per heavy atom. The highest BCUT2D eigenvalue weighted by Gasteiger charge is 2.26. The third-order valence-corrected chi connectivity index (χ3v) is 5.56. The van der Waals surface area contributed by atoms with E-state index in [1.807, 2.05) is 13.8 Å². The molecule has 0 aromatic heterocycles. The number of rotatable bonds is 6. The summed E-state index contributed by atoms with van der Waals surface area (Å²) in [5.74, 6) is -0.426. The monoisotopic (exact) mass is 353 g/mol. The number of nitrogens with one attached hydrogen (secondary N) is 1. The number of carbonyl (C=O) groups is 1. The SMILES string of the molecule is CCC/C(C)=N\NC(=O)c1cccc(S(=O)(=O)N2CCOCC2)c1. The van der Waals surface area contributed by atoms with E-state index in [1.165, 1.54) is 16.4 Å². The molecule has 0 saturated carbocycles. The molecule has 0 spiro atoms. The fourth-order valence-corrected chi connectivity index (χ4v) is 3.82. The summed E-state index contributed by atoms with van der Waals surface area (Å²) >= 11 is 0. The summed E-state index contributed by atoms with van der Waals surface area (Å²) in [5.41, 5.74) is 3.55. The normalized spacial score (nSPS) is 16.8. The smallest absolute Gasteiger partial charge is 0.271 e. The van der Waals surface area contributed by atoms with E-state index >= 15 is 0 Å². The van der Waals surface area contributed by atoms with Crippen molar-refractivity contribution < 1.29 is 17.9 Å². The first-order valence-electron chi connectivity index (χ1n) is 7.96. The van der Waals surface area contributed by atoms with E-state index < -0.39 is 15.9 Å². The molecule has 7 nitrogen and oxygen atoms in total. The van der Waals surface area contributed by atoms with Gasteiger partial charge in [-0.2, -0.15) is 9.41 Å². The molecule has 1 aliphatic rings. The van der Waals surface area contributed by atoms with Gasteiger partial charge in [0.1, 0.15) is 0 Å². The summed E-state index contributed by atoms with van der Waals surface area (Å²) in [6, 6.07) is 6.00. The zero-order valence-corrected chi connectivity index (χ0v) is 14.8. The van der Waals surface area contributed by atoms with Crippen LogP contribution >= 0.6 is 0 Å². The number of morpholine rings is 1. The molecule has 132 valence electrons. The fraction of sp³-hybridized carbons (Fsp3) is 0.500. The predicted octanol–water partition coefficient (Wildman–Crippen LogP) is 1.61. The van der Waals surface area contributed by atoms with E-state index in [-0.39, 0.29) is 10.5 Å². The van der Waals surface area contributed by atoms with Crippen LogP contribution < -0.4 is 5.43 Å². The average molecular weight is 353 g/mol. The molecular weight excluding hydrogens is 330 g/mol. The number of hydrogen-bond acceptors (Lipinski definition) is 5. The summed E-state index contributed by atoms with van der Waals surface area (Å²) in [5, 5.41) is 4.01. The number of benzene rings is 1. The molecule has 24 heavy (non-hydrogen) atoms. The molecule has 1 fully saturated rings. The minimum atomic E-state index is -3.62. The third-order valence-electron chi connectivity index (χ3n) is 3.66. The maximum atomic E-state index is 12.6. The Morgan fingerprint density at radius 3 is 2.71 bits per heavy atom. The zero-order chi connectivity index (χ0) is 17.6. The maximum Gasteiger partial charge on any atom is 0.271 e. The van der Waals surface area contributed by atoms with E-state index in [9.17, 15) is 13.2 Å². The zero-order valence-electron chi connectivity index (χ0n) is 14.0. The van der Waals surface area contributed by atoms with Crippen LogP contribution in [0.1, 0.15) is 37.0 Å². The van der Waals surface area contributed by atoms with Gasteiger partial charge >= 0.3 is 0 Å². The topological polar surface area (TPSA) is 88.1 Å². The van der Waals surface area contributed by atoms with Crippen molar-refractivity contribution in [1.29, 1.82) is 0 Å². The second kappa shape index (κ2) is 8.36. The minimum absolute atomic E-state index is 0.103. The number of ether oxygens (including phenoxy) is 1. The van der Waals surface area contributed by atoms with Gasteiger partial charge in [0.05, 0.1) is 18.1 Å². The van der Waals surface area contributed by atoms with Crippen LogP contribution in [-0.4, -0.2) is 50.6 Å². The lowest BCUT2D eigenvalue weighted by Crippen LogP contribution is -2.40. The van der Waals surface area contributed by atoms with Gasteiger partial charge in [-0.1, -0.05) is 19.4 Å². The van der Waals surface area contributed by atoms with Gasteiger partial charge in [0.2, 0.25) is 10.0 Å². The van der Waals surface area contributed by atoms with Crippen molar-refractivity contribution in [3.05, 3.63) is 29.8 Å². The van der Waals surface area contributed by atoms with Gasteiger partial charge in [0, 0.05) is 24.4 Å². The standard InChI is InChI=1S/C16H23N3O4S/c1-3-5-13(2)17-18-16(20)14-6-4-7-15(12-14)24(21,22)19-8-10-23-11-9-19/h4,6-7,12H,3,5,8-11H2,1-2H3,(H,18,20)/b17-13-. The molecule has 0 bridgehead atoms.